The molecule has 1 heterocycles. The molecule has 1 spiro atoms. The first-order valence-electron chi connectivity index (χ1n) is 8.12. The topological polar surface area (TPSA) is 66.8 Å². The summed E-state index contributed by atoms with van der Waals surface area (Å²) in [5.74, 6) is -0.133. The van der Waals surface area contributed by atoms with E-state index in [1.54, 1.807) is 4.90 Å². The average Bonchev–Trinajstić information content (AvgIpc) is 3.21. The highest BCUT2D eigenvalue weighted by atomic mass is 16.5. The molecule has 23 heavy (non-hydrogen) atoms. The molecule has 124 valence electrons. The fraction of sp³-hybridized carbons (Fsp3) is 0.556. The van der Waals surface area contributed by atoms with E-state index in [4.69, 9.17) is 9.84 Å². The van der Waals surface area contributed by atoms with Gasteiger partial charge in [0.2, 0.25) is 0 Å². The van der Waals surface area contributed by atoms with Crippen molar-refractivity contribution in [3.05, 3.63) is 29.3 Å². The molecule has 1 unspecified atom stereocenters. The maximum absolute atomic E-state index is 12.3. The third kappa shape index (κ3) is 3.05. The van der Waals surface area contributed by atoms with Crippen LogP contribution < -0.4 is 4.74 Å². The monoisotopic (exact) mass is 317 g/mol. The minimum absolute atomic E-state index is 0.0185. The third-order valence-corrected chi connectivity index (χ3v) is 5.35. The number of ether oxygens (including phenoxy) is 1. The van der Waals surface area contributed by atoms with Gasteiger partial charge in [-0.05, 0) is 49.7 Å². The van der Waals surface area contributed by atoms with Crippen LogP contribution in [0.3, 0.4) is 0 Å². The van der Waals surface area contributed by atoms with Crippen molar-refractivity contribution in [1.29, 1.82) is 0 Å². The minimum Gasteiger partial charge on any atom is -0.483 e. The standard InChI is InChI=1S/C18H23NO4/c1-12-4-3-5-13(2)16(12)23-11-15(20)19-8-6-18(7-9-19)10-14(18)17(21)22/h3-5,14H,6-11H2,1-2H3,(H,21,22). The van der Waals surface area contributed by atoms with Crippen molar-refractivity contribution in [3.8, 4) is 5.75 Å². The van der Waals surface area contributed by atoms with Crippen LogP contribution in [-0.4, -0.2) is 41.6 Å². The molecule has 1 aliphatic heterocycles. The first-order chi connectivity index (χ1) is 10.9. The lowest BCUT2D eigenvalue weighted by Gasteiger charge is -2.32. The van der Waals surface area contributed by atoms with E-state index in [0.29, 0.717) is 13.1 Å². The number of benzene rings is 1. The number of carboxylic acid groups (broad SMARTS) is 1. The number of aliphatic carboxylic acids is 1. The van der Waals surface area contributed by atoms with Crippen LogP contribution in [0.5, 0.6) is 5.75 Å². The number of hydrogen-bond acceptors (Lipinski definition) is 3. The number of para-hydroxylation sites is 1. The molecule has 1 aliphatic carbocycles. The van der Waals surface area contributed by atoms with Crippen LogP contribution in [-0.2, 0) is 9.59 Å². The smallest absolute Gasteiger partial charge is 0.307 e. The number of hydrogen-bond donors (Lipinski definition) is 1. The number of piperidine rings is 1. The van der Waals surface area contributed by atoms with Gasteiger partial charge < -0.3 is 14.7 Å². The molecule has 2 aliphatic rings. The Hall–Kier alpha value is -2.04. The van der Waals surface area contributed by atoms with Crippen LogP contribution in [0.25, 0.3) is 0 Å². The lowest BCUT2D eigenvalue weighted by molar-refractivity contribution is -0.140. The third-order valence-electron chi connectivity index (χ3n) is 5.35. The molecule has 5 nitrogen and oxygen atoms in total. The molecule has 1 N–H and O–H groups in total. The summed E-state index contributed by atoms with van der Waals surface area (Å²) in [6, 6.07) is 5.91. The van der Waals surface area contributed by atoms with Gasteiger partial charge in [-0.2, -0.15) is 0 Å². The summed E-state index contributed by atoms with van der Waals surface area (Å²) in [6.07, 6.45) is 2.35. The highest BCUT2D eigenvalue weighted by Crippen LogP contribution is 2.59. The summed E-state index contributed by atoms with van der Waals surface area (Å²) < 4.78 is 5.72. The molecule has 0 bridgehead atoms. The molecule has 0 aromatic heterocycles. The summed E-state index contributed by atoms with van der Waals surface area (Å²) >= 11 is 0. The first kappa shape index (κ1) is 15.8. The maximum atomic E-state index is 12.3. The van der Waals surface area contributed by atoms with E-state index in [-0.39, 0.29) is 23.8 Å². The number of aryl methyl sites for hydroxylation is 2. The Morgan fingerprint density at radius 1 is 1.26 bits per heavy atom. The number of carboxylic acids is 1. The van der Waals surface area contributed by atoms with Gasteiger partial charge in [0.15, 0.2) is 6.61 Å². The molecular formula is C18H23NO4. The molecule has 5 heteroatoms. The lowest BCUT2D eigenvalue weighted by atomic mass is 9.91. The highest BCUT2D eigenvalue weighted by molar-refractivity contribution is 5.78. The van der Waals surface area contributed by atoms with E-state index in [1.165, 1.54) is 0 Å². The van der Waals surface area contributed by atoms with Crippen LogP contribution in [0.1, 0.15) is 30.4 Å². The quantitative estimate of drug-likeness (QED) is 0.926. The molecule has 0 radical (unpaired) electrons. The molecule has 1 saturated heterocycles. The largest absolute Gasteiger partial charge is 0.483 e. The molecule has 2 fully saturated rings. The first-order valence-corrected chi connectivity index (χ1v) is 8.12. The van der Waals surface area contributed by atoms with Crippen LogP contribution >= 0.6 is 0 Å². The van der Waals surface area contributed by atoms with Gasteiger partial charge in [0, 0.05) is 13.1 Å². The summed E-state index contributed by atoms with van der Waals surface area (Å²) in [5.41, 5.74) is 2.01. The zero-order valence-electron chi connectivity index (χ0n) is 13.7. The van der Waals surface area contributed by atoms with Gasteiger partial charge in [-0.25, -0.2) is 0 Å². The number of carbonyl (C=O) groups excluding carboxylic acids is 1. The maximum Gasteiger partial charge on any atom is 0.307 e. The Bertz CT molecular complexity index is 612. The van der Waals surface area contributed by atoms with Crippen molar-refractivity contribution >= 4 is 11.9 Å². The molecule has 1 aromatic carbocycles. The van der Waals surface area contributed by atoms with E-state index in [0.717, 1.165) is 36.1 Å². The Labute approximate surface area is 136 Å². The van der Waals surface area contributed by atoms with Crippen molar-refractivity contribution in [3.63, 3.8) is 0 Å². The summed E-state index contributed by atoms with van der Waals surface area (Å²) in [5, 5.41) is 9.11. The highest BCUT2D eigenvalue weighted by Gasteiger charge is 2.59. The van der Waals surface area contributed by atoms with Gasteiger partial charge in [0.1, 0.15) is 5.75 Å². The normalized spacial score (nSPS) is 22.0. The SMILES string of the molecule is Cc1cccc(C)c1OCC(=O)N1CCC2(CC1)CC2C(=O)O. The molecular weight excluding hydrogens is 294 g/mol. The number of rotatable bonds is 4. The average molecular weight is 317 g/mol. The van der Waals surface area contributed by atoms with E-state index >= 15 is 0 Å². The van der Waals surface area contributed by atoms with E-state index < -0.39 is 5.97 Å². The van der Waals surface area contributed by atoms with Gasteiger partial charge >= 0.3 is 5.97 Å². The van der Waals surface area contributed by atoms with Crippen LogP contribution in [0, 0.1) is 25.2 Å². The Balaban J connectivity index is 1.52. The number of carbonyl (C=O) groups is 2. The Morgan fingerprint density at radius 2 is 1.87 bits per heavy atom. The Kier molecular flexibility index (Phi) is 4.04. The molecule has 1 saturated carbocycles. The van der Waals surface area contributed by atoms with Crippen LogP contribution in [0.2, 0.25) is 0 Å². The second-order valence-corrected chi connectivity index (χ2v) is 6.85. The van der Waals surface area contributed by atoms with E-state index in [2.05, 4.69) is 0 Å². The molecule has 1 atom stereocenters. The predicted molar refractivity (Wildman–Crippen MR) is 85.4 cm³/mol. The van der Waals surface area contributed by atoms with Crippen molar-refractivity contribution in [1.82, 2.24) is 4.90 Å². The van der Waals surface area contributed by atoms with E-state index in [1.807, 2.05) is 32.0 Å². The summed E-state index contributed by atoms with van der Waals surface area (Å²) in [4.78, 5) is 25.2. The molecule has 1 amide bonds. The number of likely N-dealkylation sites (tertiary alicyclic amines) is 1. The number of nitrogens with zero attached hydrogens (tertiary/aromatic N) is 1. The van der Waals surface area contributed by atoms with Gasteiger partial charge in [-0.1, -0.05) is 18.2 Å². The second-order valence-electron chi connectivity index (χ2n) is 6.85. The zero-order valence-corrected chi connectivity index (χ0v) is 13.7. The number of amides is 1. The van der Waals surface area contributed by atoms with Gasteiger partial charge in [-0.15, -0.1) is 0 Å². The van der Waals surface area contributed by atoms with Crippen molar-refractivity contribution < 1.29 is 19.4 Å². The van der Waals surface area contributed by atoms with Gasteiger partial charge in [0.25, 0.3) is 5.91 Å². The van der Waals surface area contributed by atoms with Crippen LogP contribution in [0.15, 0.2) is 18.2 Å². The fourth-order valence-corrected chi connectivity index (χ4v) is 3.70. The Morgan fingerprint density at radius 3 is 2.39 bits per heavy atom. The fourth-order valence-electron chi connectivity index (χ4n) is 3.70. The summed E-state index contributed by atoms with van der Waals surface area (Å²) in [7, 11) is 0. The second kappa shape index (κ2) is 5.87. The van der Waals surface area contributed by atoms with Crippen molar-refractivity contribution in [2.75, 3.05) is 19.7 Å². The zero-order chi connectivity index (χ0) is 16.6. The van der Waals surface area contributed by atoms with Crippen molar-refractivity contribution in [2.45, 2.75) is 33.1 Å². The van der Waals surface area contributed by atoms with Gasteiger partial charge in [0.05, 0.1) is 5.92 Å². The van der Waals surface area contributed by atoms with Crippen molar-refractivity contribution in [2.24, 2.45) is 11.3 Å². The predicted octanol–water partition coefficient (Wildman–Crippen LogP) is 2.40. The minimum atomic E-state index is -0.692. The van der Waals surface area contributed by atoms with Gasteiger partial charge in [-0.3, -0.25) is 9.59 Å². The van der Waals surface area contributed by atoms with Crippen LogP contribution in [0.4, 0.5) is 0 Å². The van der Waals surface area contributed by atoms with E-state index in [9.17, 15) is 9.59 Å². The molecule has 1 aromatic rings. The lowest BCUT2D eigenvalue weighted by Crippen LogP contribution is -2.42. The summed E-state index contributed by atoms with van der Waals surface area (Å²) in [6.45, 7) is 5.26. The molecule has 3 rings (SSSR count).